The SMILES string of the molecule is O=C(Nc1nc2c(s1)CN(CC(=O)N1CCc3ccccc31)CC2)C1CCC1. The molecular weight excluding hydrogens is 372 g/mol. The van der Waals surface area contributed by atoms with E-state index in [9.17, 15) is 9.59 Å². The van der Waals surface area contributed by atoms with E-state index in [2.05, 4.69) is 21.3 Å². The van der Waals surface area contributed by atoms with Crippen LogP contribution in [0.5, 0.6) is 0 Å². The number of anilines is 2. The number of nitrogens with one attached hydrogen (secondary N) is 1. The standard InChI is InChI=1S/C21H24N4O2S/c26-19(25-11-8-14-4-1-2-7-17(14)25)13-24-10-9-16-18(12-24)28-21(22-16)23-20(27)15-5-3-6-15/h1-2,4,7,15H,3,5-6,8-13H2,(H,22,23,27). The number of carbonyl (C=O) groups excluding carboxylic acids is 2. The van der Waals surface area contributed by atoms with Crippen LogP contribution in [0.15, 0.2) is 24.3 Å². The molecule has 0 unspecified atom stereocenters. The molecule has 0 spiro atoms. The molecule has 1 N–H and O–H groups in total. The van der Waals surface area contributed by atoms with Crippen LogP contribution in [-0.2, 0) is 29.0 Å². The van der Waals surface area contributed by atoms with Crippen LogP contribution >= 0.6 is 11.3 Å². The molecule has 5 rings (SSSR count). The summed E-state index contributed by atoms with van der Waals surface area (Å²) in [6.07, 6.45) is 4.90. The maximum absolute atomic E-state index is 12.9. The molecule has 0 atom stereocenters. The number of thiazole rings is 1. The normalized spacial score (nSPS) is 19.1. The van der Waals surface area contributed by atoms with Gasteiger partial charge in [0.2, 0.25) is 11.8 Å². The van der Waals surface area contributed by atoms with Crippen LogP contribution in [0.25, 0.3) is 0 Å². The van der Waals surface area contributed by atoms with Gasteiger partial charge in [0.25, 0.3) is 0 Å². The molecule has 7 heteroatoms. The third-order valence-electron chi connectivity index (χ3n) is 6.06. The molecule has 0 saturated heterocycles. The second-order valence-electron chi connectivity index (χ2n) is 7.89. The predicted octanol–water partition coefficient (Wildman–Crippen LogP) is 2.83. The van der Waals surface area contributed by atoms with E-state index in [-0.39, 0.29) is 17.7 Å². The molecule has 3 aliphatic rings. The van der Waals surface area contributed by atoms with Gasteiger partial charge in [-0.1, -0.05) is 24.6 Å². The average molecular weight is 397 g/mol. The Morgan fingerprint density at radius 3 is 2.86 bits per heavy atom. The van der Waals surface area contributed by atoms with Crippen LogP contribution in [0.3, 0.4) is 0 Å². The van der Waals surface area contributed by atoms with Gasteiger partial charge in [0.1, 0.15) is 0 Å². The Morgan fingerprint density at radius 2 is 2.04 bits per heavy atom. The van der Waals surface area contributed by atoms with Crippen LogP contribution in [-0.4, -0.2) is 41.3 Å². The van der Waals surface area contributed by atoms with E-state index >= 15 is 0 Å². The fourth-order valence-electron chi connectivity index (χ4n) is 4.19. The Labute approximate surface area is 168 Å². The number of nitrogens with zero attached hydrogens (tertiary/aromatic N) is 3. The first-order valence-electron chi connectivity index (χ1n) is 10.1. The lowest BCUT2D eigenvalue weighted by Gasteiger charge is -2.27. The zero-order chi connectivity index (χ0) is 19.1. The predicted molar refractivity (Wildman–Crippen MR) is 110 cm³/mol. The zero-order valence-corrected chi connectivity index (χ0v) is 16.6. The van der Waals surface area contributed by atoms with E-state index in [1.807, 2.05) is 23.1 Å². The summed E-state index contributed by atoms with van der Waals surface area (Å²) in [6.45, 7) is 2.76. The van der Waals surface area contributed by atoms with Gasteiger partial charge in [-0.2, -0.15) is 0 Å². The van der Waals surface area contributed by atoms with Crippen LogP contribution in [0, 0.1) is 5.92 Å². The van der Waals surface area contributed by atoms with Gasteiger partial charge in [0.05, 0.1) is 12.2 Å². The molecule has 3 heterocycles. The van der Waals surface area contributed by atoms with Crippen molar-refractivity contribution in [2.75, 3.05) is 29.9 Å². The van der Waals surface area contributed by atoms with Gasteiger partial charge in [-0.05, 0) is 30.9 Å². The minimum atomic E-state index is 0.108. The molecule has 0 bridgehead atoms. The van der Waals surface area contributed by atoms with Crippen molar-refractivity contribution in [2.45, 2.75) is 38.6 Å². The summed E-state index contributed by atoms with van der Waals surface area (Å²) in [6, 6.07) is 8.17. The summed E-state index contributed by atoms with van der Waals surface area (Å²) in [7, 11) is 0. The maximum atomic E-state index is 12.9. The van der Waals surface area contributed by atoms with E-state index in [4.69, 9.17) is 0 Å². The molecular formula is C21H24N4O2S. The van der Waals surface area contributed by atoms with Gasteiger partial charge >= 0.3 is 0 Å². The molecule has 146 valence electrons. The van der Waals surface area contributed by atoms with Gasteiger partial charge in [-0.25, -0.2) is 4.98 Å². The first kappa shape index (κ1) is 17.8. The third-order valence-corrected chi connectivity index (χ3v) is 7.06. The number of benzene rings is 1. The van der Waals surface area contributed by atoms with Gasteiger partial charge < -0.3 is 10.2 Å². The monoisotopic (exact) mass is 396 g/mol. The highest BCUT2D eigenvalue weighted by atomic mass is 32.1. The topological polar surface area (TPSA) is 65.5 Å². The number of hydrogen-bond donors (Lipinski definition) is 1. The summed E-state index contributed by atoms with van der Waals surface area (Å²) < 4.78 is 0. The Morgan fingerprint density at radius 1 is 1.18 bits per heavy atom. The molecule has 6 nitrogen and oxygen atoms in total. The molecule has 1 aromatic heterocycles. The molecule has 1 saturated carbocycles. The van der Waals surface area contributed by atoms with Gasteiger partial charge in [0, 0.05) is 42.5 Å². The third kappa shape index (κ3) is 3.33. The van der Waals surface area contributed by atoms with Crippen molar-refractivity contribution in [1.82, 2.24) is 9.88 Å². The van der Waals surface area contributed by atoms with Crippen LogP contribution < -0.4 is 10.2 Å². The number of para-hydroxylation sites is 1. The summed E-state index contributed by atoms with van der Waals surface area (Å²) >= 11 is 1.56. The van der Waals surface area contributed by atoms with E-state index in [1.54, 1.807) is 11.3 Å². The van der Waals surface area contributed by atoms with Crippen molar-refractivity contribution in [3.05, 3.63) is 40.4 Å². The quantitative estimate of drug-likeness (QED) is 0.863. The van der Waals surface area contributed by atoms with Gasteiger partial charge in [-0.15, -0.1) is 11.3 Å². The van der Waals surface area contributed by atoms with E-state index in [1.165, 1.54) is 10.4 Å². The average Bonchev–Trinajstić information content (AvgIpc) is 3.23. The highest BCUT2D eigenvalue weighted by Crippen LogP contribution is 2.32. The molecule has 1 aliphatic carbocycles. The molecule has 2 aromatic rings. The minimum Gasteiger partial charge on any atom is -0.311 e. The van der Waals surface area contributed by atoms with Crippen molar-refractivity contribution in [1.29, 1.82) is 0 Å². The number of aromatic nitrogens is 1. The first-order valence-corrected chi connectivity index (χ1v) is 10.9. The number of carbonyl (C=O) groups is 2. The van der Waals surface area contributed by atoms with E-state index in [0.717, 1.165) is 63.1 Å². The molecule has 2 aliphatic heterocycles. The smallest absolute Gasteiger partial charge is 0.241 e. The number of fused-ring (bicyclic) bond motifs is 2. The van der Waals surface area contributed by atoms with E-state index in [0.29, 0.717) is 11.7 Å². The van der Waals surface area contributed by atoms with Crippen LogP contribution in [0.4, 0.5) is 10.8 Å². The zero-order valence-electron chi connectivity index (χ0n) is 15.8. The molecule has 0 radical (unpaired) electrons. The van der Waals surface area contributed by atoms with Gasteiger partial charge in [-0.3, -0.25) is 14.5 Å². The van der Waals surface area contributed by atoms with Crippen molar-refractivity contribution >= 4 is 34.0 Å². The van der Waals surface area contributed by atoms with E-state index < -0.39 is 0 Å². The molecule has 2 amide bonds. The number of rotatable bonds is 4. The molecule has 28 heavy (non-hydrogen) atoms. The van der Waals surface area contributed by atoms with Gasteiger partial charge in [0.15, 0.2) is 5.13 Å². The minimum absolute atomic E-state index is 0.108. The first-order chi connectivity index (χ1) is 13.7. The highest BCUT2D eigenvalue weighted by Gasteiger charge is 2.29. The Bertz CT molecular complexity index is 921. The second kappa shape index (κ2) is 7.29. The summed E-state index contributed by atoms with van der Waals surface area (Å²) in [4.78, 5) is 34.9. The van der Waals surface area contributed by atoms with Crippen LogP contribution in [0.2, 0.25) is 0 Å². The Hall–Kier alpha value is -2.25. The lowest BCUT2D eigenvalue weighted by Crippen LogP contribution is -2.41. The molecule has 1 aromatic carbocycles. The highest BCUT2D eigenvalue weighted by molar-refractivity contribution is 7.15. The van der Waals surface area contributed by atoms with Crippen molar-refractivity contribution in [3.8, 4) is 0 Å². The summed E-state index contributed by atoms with van der Waals surface area (Å²) in [5.41, 5.74) is 3.39. The second-order valence-corrected chi connectivity index (χ2v) is 8.97. The van der Waals surface area contributed by atoms with Crippen molar-refractivity contribution in [2.24, 2.45) is 5.92 Å². The fourth-order valence-corrected chi connectivity index (χ4v) is 5.24. The largest absolute Gasteiger partial charge is 0.311 e. The lowest BCUT2D eigenvalue weighted by molar-refractivity contribution is -0.122. The Kier molecular flexibility index (Phi) is 4.64. The summed E-state index contributed by atoms with van der Waals surface area (Å²) in [5, 5.41) is 3.70. The van der Waals surface area contributed by atoms with Crippen molar-refractivity contribution in [3.63, 3.8) is 0 Å². The Balaban J connectivity index is 1.21. The summed E-state index contributed by atoms with van der Waals surface area (Å²) in [5.74, 6) is 0.437. The molecule has 1 fully saturated rings. The van der Waals surface area contributed by atoms with Crippen LogP contribution in [0.1, 0.15) is 35.4 Å². The fraction of sp³-hybridized carbons (Fsp3) is 0.476. The maximum Gasteiger partial charge on any atom is 0.241 e. The lowest BCUT2D eigenvalue weighted by atomic mass is 9.85. The number of amides is 2. The van der Waals surface area contributed by atoms with Crippen molar-refractivity contribution < 1.29 is 9.59 Å². The number of hydrogen-bond acceptors (Lipinski definition) is 5.